The molecule has 0 spiro atoms. The monoisotopic (exact) mass is 729 g/mol. The minimum Gasteiger partial charge on any atom is -0.499 e. The number of amides is 4. The summed E-state index contributed by atoms with van der Waals surface area (Å²) in [4.78, 5) is 70.1. The number of ether oxygens (including phenoxy) is 2. The highest BCUT2D eigenvalue weighted by atomic mass is 16.5. The summed E-state index contributed by atoms with van der Waals surface area (Å²) in [6.45, 7) is 13.7. The van der Waals surface area contributed by atoms with Crippen LogP contribution < -0.4 is 16.0 Å². The normalized spacial score (nSPS) is 18.5. The van der Waals surface area contributed by atoms with Crippen LogP contribution >= 0.6 is 0 Å². The van der Waals surface area contributed by atoms with Crippen LogP contribution in [0.1, 0.15) is 79.7 Å². The Morgan fingerprint density at radius 1 is 0.942 bits per heavy atom. The number of methoxy groups -OCH3 is 2. The van der Waals surface area contributed by atoms with Crippen molar-refractivity contribution in [3.63, 3.8) is 0 Å². The predicted molar refractivity (Wildman–Crippen MR) is 200 cm³/mol. The first-order valence-electron chi connectivity index (χ1n) is 18.5. The Labute approximate surface area is 310 Å². The maximum absolute atomic E-state index is 14.1. The van der Waals surface area contributed by atoms with Crippen molar-refractivity contribution in [2.75, 3.05) is 34.9 Å². The first-order valence-corrected chi connectivity index (χ1v) is 18.5. The van der Waals surface area contributed by atoms with Gasteiger partial charge in [0.1, 0.15) is 17.8 Å². The number of allylic oxidation sites excluding steroid dienone is 1. The Kier molecular flexibility index (Phi) is 17.8. The van der Waals surface area contributed by atoms with Crippen LogP contribution in [0.5, 0.6) is 0 Å². The van der Waals surface area contributed by atoms with Crippen LogP contribution in [0.2, 0.25) is 0 Å². The van der Waals surface area contributed by atoms with Crippen molar-refractivity contribution in [1.29, 1.82) is 0 Å². The van der Waals surface area contributed by atoms with E-state index in [0.29, 0.717) is 37.3 Å². The highest BCUT2D eigenvalue weighted by Crippen LogP contribution is 2.30. The number of nitrogens with zero attached hydrogens (tertiary/aromatic N) is 2. The molecule has 0 bridgehead atoms. The lowest BCUT2D eigenvalue weighted by Crippen LogP contribution is -2.55. The van der Waals surface area contributed by atoms with E-state index in [2.05, 4.69) is 16.0 Å². The van der Waals surface area contributed by atoms with Crippen molar-refractivity contribution in [2.45, 2.75) is 111 Å². The molecule has 1 aliphatic rings. The van der Waals surface area contributed by atoms with Crippen molar-refractivity contribution in [3.8, 4) is 0 Å². The third kappa shape index (κ3) is 11.5. The fourth-order valence-corrected chi connectivity index (χ4v) is 6.98. The summed E-state index contributed by atoms with van der Waals surface area (Å²) in [7, 11) is 6.33. The second-order valence-electron chi connectivity index (χ2n) is 14.5. The van der Waals surface area contributed by atoms with Gasteiger partial charge in [-0.3, -0.25) is 19.2 Å². The molecule has 52 heavy (non-hydrogen) atoms. The number of nitrogens with one attached hydrogen (secondary N) is 3. The molecule has 7 atom stereocenters. The minimum atomic E-state index is -1.14. The molecule has 4 N–H and O–H groups in total. The molecule has 1 aliphatic heterocycles. The molecular weight excluding hydrogens is 666 g/mol. The molecule has 0 unspecified atom stereocenters. The van der Waals surface area contributed by atoms with Gasteiger partial charge in [0.15, 0.2) is 0 Å². The zero-order valence-corrected chi connectivity index (χ0v) is 33.0. The van der Waals surface area contributed by atoms with Gasteiger partial charge in [0, 0.05) is 27.1 Å². The Morgan fingerprint density at radius 2 is 1.56 bits per heavy atom. The van der Waals surface area contributed by atoms with Crippen LogP contribution in [0.4, 0.5) is 0 Å². The Morgan fingerprint density at radius 3 is 2.06 bits per heavy atom. The standard InChI is InChI=1S/C39H63N5O8/c1-12-25(6)34(43(9)38(48)33(24(4)5)42-37(47)32(40-8)23(2)3)30(51-10)22-31(45)44-20-16-19-29(44)35(52-11)26(7)36(46)41-28(39(49)50)21-27-17-14-13-15-18-27/h13-15,17-18,23-26,28-29,32-33,35,40H,12,16,19-22H2,1-11H3,(H,41,46)(H,42,47)(H,49,50)/b34-30-/t25-,26+,28-,29-,32-,33-,35+/m0/s1. The van der Waals surface area contributed by atoms with Crippen LogP contribution in [0.25, 0.3) is 0 Å². The molecule has 2 rings (SSSR count). The van der Waals surface area contributed by atoms with Crippen molar-refractivity contribution in [2.24, 2.45) is 23.7 Å². The van der Waals surface area contributed by atoms with Gasteiger partial charge in [0.2, 0.25) is 23.6 Å². The van der Waals surface area contributed by atoms with Gasteiger partial charge < -0.3 is 40.3 Å². The predicted octanol–water partition coefficient (Wildman–Crippen LogP) is 3.58. The van der Waals surface area contributed by atoms with E-state index in [0.717, 1.165) is 5.56 Å². The molecule has 1 aromatic rings. The molecule has 0 aliphatic carbocycles. The summed E-state index contributed by atoms with van der Waals surface area (Å²) in [6.07, 6.45) is 1.24. The number of aliphatic carboxylic acids is 1. The molecular formula is C39H63N5O8. The quantitative estimate of drug-likeness (QED) is 0.147. The van der Waals surface area contributed by atoms with Crippen molar-refractivity contribution in [3.05, 3.63) is 47.4 Å². The molecule has 1 saturated heterocycles. The smallest absolute Gasteiger partial charge is 0.326 e. The first-order chi connectivity index (χ1) is 24.5. The molecule has 0 saturated carbocycles. The molecule has 1 heterocycles. The number of rotatable bonds is 20. The third-order valence-electron chi connectivity index (χ3n) is 10.2. The van der Waals surface area contributed by atoms with Crippen LogP contribution in [-0.2, 0) is 39.9 Å². The molecule has 1 aromatic carbocycles. The van der Waals surface area contributed by atoms with E-state index in [-0.39, 0.29) is 48.3 Å². The molecule has 13 nitrogen and oxygen atoms in total. The van der Waals surface area contributed by atoms with E-state index in [1.165, 1.54) is 19.1 Å². The SMILES string of the molecule is CC[C@H](C)/C(=C(\CC(=O)N1CCC[C@H]1[C@H](OC)[C@@H](C)C(=O)N[C@@H](Cc1ccccc1)C(=O)O)OC)N(C)C(=O)[C@@H](NC(=O)[C@@H](NC)C(C)C)C(C)C. The van der Waals surface area contributed by atoms with E-state index >= 15 is 0 Å². The van der Waals surface area contributed by atoms with E-state index in [9.17, 15) is 29.1 Å². The lowest BCUT2D eigenvalue weighted by Gasteiger charge is -2.35. The number of likely N-dealkylation sites (N-methyl/N-ethyl adjacent to an activating group) is 2. The molecule has 292 valence electrons. The van der Waals surface area contributed by atoms with E-state index in [1.807, 2.05) is 71.9 Å². The molecule has 0 radical (unpaired) electrons. The average Bonchev–Trinajstić information content (AvgIpc) is 3.59. The number of carbonyl (C=O) groups is 5. The second kappa shape index (κ2) is 20.9. The van der Waals surface area contributed by atoms with Crippen LogP contribution in [0, 0.1) is 23.7 Å². The second-order valence-corrected chi connectivity index (χ2v) is 14.5. The van der Waals surface area contributed by atoms with Crippen molar-refractivity contribution in [1.82, 2.24) is 25.8 Å². The van der Waals surface area contributed by atoms with Crippen LogP contribution in [0.15, 0.2) is 41.8 Å². The number of benzene rings is 1. The van der Waals surface area contributed by atoms with Gasteiger partial charge in [0.25, 0.3) is 0 Å². The van der Waals surface area contributed by atoms with Crippen LogP contribution in [0.3, 0.4) is 0 Å². The zero-order valence-electron chi connectivity index (χ0n) is 33.0. The first kappa shape index (κ1) is 44.2. The molecule has 1 fully saturated rings. The summed E-state index contributed by atoms with van der Waals surface area (Å²) in [6, 6.07) is 6.22. The lowest BCUT2D eigenvalue weighted by atomic mass is 9.94. The number of hydrogen-bond acceptors (Lipinski definition) is 8. The van der Waals surface area contributed by atoms with E-state index in [1.54, 1.807) is 25.9 Å². The third-order valence-corrected chi connectivity index (χ3v) is 10.2. The summed E-state index contributed by atoms with van der Waals surface area (Å²) < 4.78 is 11.7. The van der Waals surface area contributed by atoms with Gasteiger partial charge in [-0.2, -0.15) is 0 Å². The van der Waals surface area contributed by atoms with Gasteiger partial charge >= 0.3 is 5.97 Å². The van der Waals surface area contributed by atoms with Crippen LogP contribution in [-0.4, -0.2) is 110 Å². The van der Waals surface area contributed by atoms with Crippen molar-refractivity contribution >= 4 is 29.6 Å². The fraction of sp³-hybridized carbons (Fsp3) is 0.667. The molecule has 13 heteroatoms. The number of carboxylic acid groups (broad SMARTS) is 1. The molecule has 0 aromatic heterocycles. The highest BCUT2D eigenvalue weighted by molar-refractivity contribution is 5.91. The number of carboxylic acids is 1. The Bertz CT molecular complexity index is 1380. The number of hydrogen-bond donors (Lipinski definition) is 4. The van der Waals surface area contributed by atoms with Crippen molar-refractivity contribution < 1.29 is 38.6 Å². The Hall–Kier alpha value is -3.97. The topological polar surface area (TPSA) is 167 Å². The maximum Gasteiger partial charge on any atom is 0.326 e. The fourth-order valence-electron chi connectivity index (χ4n) is 6.98. The summed E-state index contributed by atoms with van der Waals surface area (Å²) in [5, 5.41) is 18.5. The van der Waals surface area contributed by atoms with E-state index in [4.69, 9.17) is 9.47 Å². The zero-order chi connectivity index (χ0) is 39.3. The summed E-state index contributed by atoms with van der Waals surface area (Å²) in [5.41, 5.74) is 1.34. The summed E-state index contributed by atoms with van der Waals surface area (Å²) in [5.74, 6) is -3.23. The minimum absolute atomic E-state index is 0.0121. The molecule has 4 amide bonds. The Balaban J connectivity index is 2.33. The van der Waals surface area contributed by atoms with E-state index < -0.39 is 48.1 Å². The average molecular weight is 730 g/mol. The lowest BCUT2D eigenvalue weighted by molar-refractivity contribution is -0.144. The largest absolute Gasteiger partial charge is 0.499 e. The maximum atomic E-state index is 14.1. The summed E-state index contributed by atoms with van der Waals surface area (Å²) >= 11 is 0. The number of likely N-dealkylation sites (tertiary alicyclic amines) is 1. The van der Waals surface area contributed by atoms with Gasteiger partial charge in [-0.1, -0.05) is 78.8 Å². The number of carbonyl (C=O) groups excluding carboxylic acids is 4. The van der Waals surface area contributed by atoms with Gasteiger partial charge in [-0.05, 0) is 49.6 Å². The van der Waals surface area contributed by atoms with Gasteiger partial charge in [-0.25, -0.2) is 4.79 Å². The van der Waals surface area contributed by atoms with Gasteiger partial charge in [0.05, 0.1) is 43.3 Å². The van der Waals surface area contributed by atoms with Gasteiger partial charge in [-0.15, -0.1) is 0 Å². The highest BCUT2D eigenvalue weighted by Gasteiger charge is 2.41.